The Morgan fingerprint density at radius 1 is 1.04 bits per heavy atom. The van der Waals surface area contributed by atoms with E-state index in [-0.39, 0.29) is 24.4 Å². The van der Waals surface area contributed by atoms with Crippen molar-refractivity contribution in [1.29, 1.82) is 0 Å². The van der Waals surface area contributed by atoms with Gasteiger partial charge in [-0.05, 0) is 31.2 Å². The predicted octanol–water partition coefficient (Wildman–Crippen LogP) is 3.03. The number of anilines is 1. The summed E-state index contributed by atoms with van der Waals surface area (Å²) in [4.78, 5) is 23.5. The van der Waals surface area contributed by atoms with Crippen molar-refractivity contribution in [1.82, 2.24) is 5.32 Å². The third kappa shape index (κ3) is 4.88. The summed E-state index contributed by atoms with van der Waals surface area (Å²) in [5.41, 5.74) is 1.48. The van der Waals surface area contributed by atoms with Gasteiger partial charge in [-0.2, -0.15) is 0 Å². The average molecular weight is 318 g/mol. The van der Waals surface area contributed by atoms with Crippen LogP contribution < -0.4 is 10.6 Å². The van der Waals surface area contributed by atoms with Crippen molar-refractivity contribution in [3.8, 4) is 0 Å². The summed E-state index contributed by atoms with van der Waals surface area (Å²) in [6, 6.07) is 10.00. The molecule has 0 heterocycles. The van der Waals surface area contributed by atoms with Crippen LogP contribution in [0.3, 0.4) is 0 Å². The minimum Gasteiger partial charge on any atom is -0.351 e. The van der Waals surface area contributed by atoms with Crippen LogP contribution in [-0.2, 0) is 4.79 Å². The molecule has 4 nitrogen and oxygen atoms in total. The SMILES string of the molecule is Cc1ccc(NC(=O)CCNC(=O)c2ccc(F)cc2F)cc1. The first-order valence-electron chi connectivity index (χ1n) is 7.05. The van der Waals surface area contributed by atoms with Crippen LogP contribution in [0, 0.1) is 18.6 Å². The first-order valence-corrected chi connectivity index (χ1v) is 7.05. The summed E-state index contributed by atoms with van der Waals surface area (Å²) in [7, 11) is 0. The van der Waals surface area contributed by atoms with Gasteiger partial charge in [0, 0.05) is 24.7 Å². The van der Waals surface area contributed by atoms with Crippen LogP contribution >= 0.6 is 0 Å². The number of carbonyl (C=O) groups excluding carboxylic acids is 2. The van der Waals surface area contributed by atoms with Gasteiger partial charge in [-0.25, -0.2) is 8.78 Å². The molecule has 0 unspecified atom stereocenters. The number of aryl methyl sites for hydroxylation is 1. The van der Waals surface area contributed by atoms with E-state index in [0.29, 0.717) is 11.8 Å². The lowest BCUT2D eigenvalue weighted by molar-refractivity contribution is -0.116. The lowest BCUT2D eigenvalue weighted by Crippen LogP contribution is -2.28. The third-order valence-electron chi connectivity index (χ3n) is 3.15. The Bertz CT molecular complexity index is 715. The van der Waals surface area contributed by atoms with Gasteiger partial charge in [0.1, 0.15) is 11.6 Å². The molecule has 2 aromatic carbocycles. The van der Waals surface area contributed by atoms with Gasteiger partial charge in [-0.3, -0.25) is 9.59 Å². The minimum atomic E-state index is -0.938. The van der Waals surface area contributed by atoms with E-state index in [1.165, 1.54) is 0 Å². The van der Waals surface area contributed by atoms with Gasteiger partial charge in [0.25, 0.3) is 5.91 Å². The molecule has 6 heteroatoms. The van der Waals surface area contributed by atoms with Crippen molar-refractivity contribution >= 4 is 17.5 Å². The zero-order valence-corrected chi connectivity index (χ0v) is 12.5. The molecule has 23 heavy (non-hydrogen) atoms. The Kier molecular flexibility index (Phi) is 5.41. The number of rotatable bonds is 5. The average Bonchev–Trinajstić information content (AvgIpc) is 2.49. The minimum absolute atomic E-state index is 0.0441. The molecular weight excluding hydrogens is 302 g/mol. The maximum atomic E-state index is 13.4. The molecule has 0 aliphatic heterocycles. The van der Waals surface area contributed by atoms with E-state index in [2.05, 4.69) is 10.6 Å². The smallest absolute Gasteiger partial charge is 0.254 e. The molecule has 0 aromatic heterocycles. The Morgan fingerprint density at radius 3 is 2.39 bits per heavy atom. The zero-order chi connectivity index (χ0) is 16.8. The topological polar surface area (TPSA) is 58.2 Å². The number of benzene rings is 2. The van der Waals surface area contributed by atoms with Crippen LogP contribution in [0.4, 0.5) is 14.5 Å². The standard InChI is InChI=1S/C17H16F2N2O2/c1-11-2-5-13(6-3-11)21-16(22)8-9-20-17(23)14-7-4-12(18)10-15(14)19/h2-7,10H,8-9H2,1H3,(H,20,23)(H,21,22). The van der Waals surface area contributed by atoms with Crippen molar-refractivity contribution < 1.29 is 18.4 Å². The summed E-state index contributed by atoms with van der Waals surface area (Å²) in [6.07, 6.45) is 0.0441. The number of amides is 2. The number of nitrogens with one attached hydrogen (secondary N) is 2. The molecule has 0 atom stereocenters. The summed E-state index contributed by atoms with van der Waals surface area (Å²) < 4.78 is 26.2. The normalized spacial score (nSPS) is 10.2. The van der Waals surface area contributed by atoms with Crippen molar-refractivity contribution in [3.63, 3.8) is 0 Å². The van der Waals surface area contributed by atoms with Crippen LogP contribution in [0.5, 0.6) is 0 Å². The summed E-state index contributed by atoms with van der Waals surface area (Å²) >= 11 is 0. The van der Waals surface area contributed by atoms with Crippen molar-refractivity contribution in [3.05, 3.63) is 65.2 Å². The van der Waals surface area contributed by atoms with Gasteiger partial charge in [-0.1, -0.05) is 17.7 Å². The number of hydrogen-bond acceptors (Lipinski definition) is 2. The Morgan fingerprint density at radius 2 is 1.74 bits per heavy atom. The van der Waals surface area contributed by atoms with Crippen LogP contribution in [0.1, 0.15) is 22.3 Å². The Balaban J connectivity index is 1.81. The quantitative estimate of drug-likeness (QED) is 0.890. The van der Waals surface area contributed by atoms with Crippen LogP contribution in [0.25, 0.3) is 0 Å². The lowest BCUT2D eigenvalue weighted by Gasteiger charge is -2.07. The molecular formula is C17H16F2N2O2. The highest BCUT2D eigenvalue weighted by Gasteiger charge is 2.12. The summed E-state index contributed by atoms with van der Waals surface area (Å²) in [5, 5.41) is 5.11. The second kappa shape index (κ2) is 7.49. The molecule has 0 bridgehead atoms. The first kappa shape index (κ1) is 16.6. The van der Waals surface area contributed by atoms with E-state index in [1.807, 2.05) is 19.1 Å². The number of hydrogen-bond donors (Lipinski definition) is 2. The van der Waals surface area contributed by atoms with Crippen LogP contribution in [-0.4, -0.2) is 18.4 Å². The van der Waals surface area contributed by atoms with Gasteiger partial charge in [0.2, 0.25) is 5.91 Å². The molecule has 2 rings (SSSR count). The van der Waals surface area contributed by atoms with E-state index in [0.717, 1.165) is 17.7 Å². The summed E-state index contributed by atoms with van der Waals surface area (Å²) in [5.74, 6) is -2.65. The third-order valence-corrected chi connectivity index (χ3v) is 3.15. The molecule has 0 spiro atoms. The van der Waals surface area contributed by atoms with Gasteiger partial charge >= 0.3 is 0 Å². The highest BCUT2D eigenvalue weighted by Crippen LogP contribution is 2.10. The number of carbonyl (C=O) groups is 2. The van der Waals surface area contributed by atoms with Crippen LogP contribution in [0.15, 0.2) is 42.5 Å². The van der Waals surface area contributed by atoms with E-state index in [1.54, 1.807) is 12.1 Å². The van der Waals surface area contributed by atoms with Gasteiger partial charge < -0.3 is 10.6 Å². The fourth-order valence-electron chi connectivity index (χ4n) is 1.92. The molecule has 0 fully saturated rings. The molecule has 0 saturated heterocycles. The van der Waals surface area contributed by atoms with Crippen molar-refractivity contribution in [2.45, 2.75) is 13.3 Å². The van der Waals surface area contributed by atoms with E-state index >= 15 is 0 Å². The maximum Gasteiger partial charge on any atom is 0.254 e. The van der Waals surface area contributed by atoms with Crippen molar-refractivity contribution in [2.24, 2.45) is 0 Å². The summed E-state index contributed by atoms with van der Waals surface area (Å²) in [6.45, 7) is 1.99. The number of halogens is 2. The van der Waals surface area contributed by atoms with E-state index in [4.69, 9.17) is 0 Å². The molecule has 0 aliphatic rings. The predicted molar refractivity (Wildman–Crippen MR) is 83.1 cm³/mol. The molecule has 120 valence electrons. The highest BCUT2D eigenvalue weighted by atomic mass is 19.1. The highest BCUT2D eigenvalue weighted by molar-refractivity contribution is 5.95. The zero-order valence-electron chi connectivity index (χ0n) is 12.5. The van der Waals surface area contributed by atoms with E-state index in [9.17, 15) is 18.4 Å². The molecule has 2 N–H and O–H groups in total. The Labute approximate surface area is 132 Å². The van der Waals surface area contributed by atoms with Gasteiger partial charge in [-0.15, -0.1) is 0 Å². The lowest BCUT2D eigenvalue weighted by atomic mass is 10.2. The molecule has 2 amide bonds. The fraction of sp³-hybridized carbons (Fsp3) is 0.176. The first-order chi connectivity index (χ1) is 11.0. The largest absolute Gasteiger partial charge is 0.351 e. The molecule has 2 aromatic rings. The monoisotopic (exact) mass is 318 g/mol. The van der Waals surface area contributed by atoms with Crippen molar-refractivity contribution in [2.75, 3.05) is 11.9 Å². The molecule has 0 aliphatic carbocycles. The molecule has 0 radical (unpaired) electrons. The van der Waals surface area contributed by atoms with E-state index < -0.39 is 17.5 Å². The molecule has 0 saturated carbocycles. The van der Waals surface area contributed by atoms with Gasteiger partial charge in [0.05, 0.1) is 5.56 Å². The Hall–Kier alpha value is -2.76. The second-order valence-corrected chi connectivity index (χ2v) is 5.04. The second-order valence-electron chi connectivity index (χ2n) is 5.04. The van der Waals surface area contributed by atoms with Crippen LogP contribution in [0.2, 0.25) is 0 Å². The van der Waals surface area contributed by atoms with Gasteiger partial charge in [0.15, 0.2) is 0 Å². The maximum absolute atomic E-state index is 13.4. The fourth-order valence-corrected chi connectivity index (χ4v) is 1.92.